The number of hydrogen-bond acceptors (Lipinski definition) is 3. The summed E-state index contributed by atoms with van der Waals surface area (Å²) < 4.78 is 5.67. The van der Waals surface area contributed by atoms with Gasteiger partial charge in [0.1, 0.15) is 0 Å². The fraction of sp³-hybridized carbons (Fsp3) is 1.00. The molecule has 3 heteroatoms. The van der Waals surface area contributed by atoms with E-state index in [1.165, 1.54) is 37.9 Å². The Morgan fingerprint density at radius 2 is 2.20 bits per heavy atom. The lowest BCUT2D eigenvalue weighted by Gasteiger charge is -2.21. The molecule has 3 unspecified atom stereocenters. The number of ether oxygens (including phenoxy) is 1. The monoisotopic (exact) mass is 229 g/mol. The van der Waals surface area contributed by atoms with Crippen LogP contribution in [0.3, 0.4) is 0 Å². The van der Waals surface area contributed by atoms with Crippen LogP contribution in [0.5, 0.6) is 0 Å². The minimum absolute atomic E-state index is 0.554. The molecule has 1 saturated carbocycles. The molecular weight excluding hydrogens is 206 g/mol. The van der Waals surface area contributed by atoms with Gasteiger partial charge in [0.25, 0.3) is 0 Å². The number of nitrogens with one attached hydrogen (secondary N) is 1. The molecule has 0 aromatic rings. The van der Waals surface area contributed by atoms with Crippen molar-refractivity contribution in [3.05, 3.63) is 0 Å². The predicted octanol–water partition coefficient (Wildman–Crippen LogP) is 2.43. The van der Waals surface area contributed by atoms with Crippen LogP contribution in [0.4, 0.5) is 0 Å². The molecule has 2 rings (SSSR count). The van der Waals surface area contributed by atoms with Crippen LogP contribution >= 0.6 is 11.8 Å². The van der Waals surface area contributed by atoms with Gasteiger partial charge in [-0.15, -0.1) is 0 Å². The van der Waals surface area contributed by atoms with Crippen LogP contribution < -0.4 is 5.32 Å². The van der Waals surface area contributed by atoms with Crippen LogP contribution in [0, 0.1) is 0 Å². The number of thioether (sulfide) groups is 1. The smallest absolute Gasteiger partial charge is 0.0666 e. The van der Waals surface area contributed by atoms with Gasteiger partial charge in [-0.1, -0.05) is 13.3 Å². The molecule has 1 aliphatic heterocycles. The fourth-order valence-corrected chi connectivity index (χ4v) is 4.15. The van der Waals surface area contributed by atoms with E-state index in [0.29, 0.717) is 6.10 Å². The zero-order chi connectivity index (χ0) is 10.5. The van der Waals surface area contributed by atoms with Crippen LogP contribution in [0.2, 0.25) is 0 Å². The summed E-state index contributed by atoms with van der Waals surface area (Å²) in [6, 6.07) is 0.765. The van der Waals surface area contributed by atoms with Gasteiger partial charge in [0.2, 0.25) is 0 Å². The second-order valence-corrected chi connectivity index (χ2v) is 5.87. The van der Waals surface area contributed by atoms with Crippen LogP contribution in [-0.4, -0.2) is 36.3 Å². The zero-order valence-corrected chi connectivity index (χ0v) is 10.5. The summed E-state index contributed by atoms with van der Waals surface area (Å²) in [6.45, 7) is 4.31. The zero-order valence-electron chi connectivity index (χ0n) is 9.71. The highest BCUT2D eigenvalue weighted by Gasteiger charge is 2.28. The maximum absolute atomic E-state index is 5.67. The first kappa shape index (κ1) is 11.7. The first-order chi connectivity index (χ1) is 7.40. The minimum atomic E-state index is 0.554. The van der Waals surface area contributed by atoms with E-state index in [9.17, 15) is 0 Å². The molecule has 1 aliphatic carbocycles. The van der Waals surface area contributed by atoms with Crippen molar-refractivity contribution in [1.82, 2.24) is 5.32 Å². The molecule has 0 aromatic heterocycles. The van der Waals surface area contributed by atoms with Crippen molar-refractivity contribution >= 4 is 11.8 Å². The largest absolute Gasteiger partial charge is 0.377 e. The average molecular weight is 229 g/mol. The fourth-order valence-electron chi connectivity index (χ4n) is 2.63. The molecule has 3 atom stereocenters. The summed E-state index contributed by atoms with van der Waals surface area (Å²) in [5.41, 5.74) is 0. The summed E-state index contributed by atoms with van der Waals surface area (Å²) in [7, 11) is 0. The molecule has 88 valence electrons. The maximum atomic E-state index is 5.67. The standard InChI is InChI=1S/C12H23NOS/c1-2-13-11-6-3-7-12(11)15-9-10-5-4-8-14-10/h10-13H,2-9H2,1H3. The van der Waals surface area contributed by atoms with Gasteiger partial charge in [0, 0.05) is 23.7 Å². The van der Waals surface area contributed by atoms with Gasteiger partial charge in [0.05, 0.1) is 6.10 Å². The van der Waals surface area contributed by atoms with Crippen LogP contribution in [0.15, 0.2) is 0 Å². The van der Waals surface area contributed by atoms with Gasteiger partial charge in [-0.25, -0.2) is 0 Å². The van der Waals surface area contributed by atoms with Crippen LogP contribution in [-0.2, 0) is 4.74 Å². The van der Waals surface area contributed by atoms with Crippen molar-refractivity contribution in [1.29, 1.82) is 0 Å². The van der Waals surface area contributed by atoms with Crippen molar-refractivity contribution in [2.75, 3.05) is 18.9 Å². The van der Waals surface area contributed by atoms with Crippen molar-refractivity contribution in [3.8, 4) is 0 Å². The third-order valence-corrected chi connectivity index (χ3v) is 5.00. The Morgan fingerprint density at radius 3 is 2.93 bits per heavy atom. The van der Waals surface area contributed by atoms with Crippen LogP contribution in [0.1, 0.15) is 39.0 Å². The number of rotatable bonds is 5. The first-order valence-corrected chi connectivity index (χ1v) is 7.41. The normalized spacial score (nSPS) is 36.2. The van der Waals surface area contributed by atoms with E-state index < -0.39 is 0 Å². The van der Waals surface area contributed by atoms with Gasteiger partial charge in [-0.05, 0) is 32.2 Å². The van der Waals surface area contributed by atoms with Gasteiger partial charge in [-0.2, -0.15) is 11.8 Å². The topological polar surface area (TPSA) is 21.3 Å². The Hall–Kier alpha value is 0.270. The first-order valence-electron chi connectivity index (χ1n) is 6.36. The molecule has 0 radical (unpaired) electrons. The summed E-state index contributed by atoms with van der Waals surface area (Å²) in [6.07, 6.45) is 7.28. The molecule has 0 aromatic carbocycles. The lowest BCUT2D eigenvalue weighted by molar-refractivity contribution is 0.128. The molecule has 2 aliphatic rings. The van der Waals surface area contributed by atoms with E-state index in [2.05, 4.69) is 24.0 Å². The molecule has 0 amide bonds. The lowest BCUT2D eigenvalue weighted by atomic mass is 10.2. The molecule has 2 fully saturated rings. The SMILES string of the molecule is CCNC1CCCC1SCC1CCCO1. The molecule has 2 nitrogen and oxygen atoms in total. The summed E-state index contributed by atoms with van der Waals surface area (Å²) in [5, 5.41) is 4.45. The van der Waals surface area contributed by atoms with Gasteiger partial charge in [-0.3, -0.25) is 0 Å². The quantitative estimate of drug-likeness (QED) is 0.782. The molecule has 15 heavy (non-hydrogen) atoms. The number of hydrogen-bond donors (Lipinski definition) is 1. The Morgan fingerprint density at radius 1 is 1.27 bits per heavy atom. The second-order valence-electron chi connectivity index (χ2n) is 4.60. The average Bonchev–Trinajstić information content (AvgIpc) is 2.85. The van der Waals surface area contributed by atoms with E-state index in [0.717, 1.165) is 24.4 Å². The predicted molar refractivity (Wildman–Crippen MR) is 66.5 cm³/mol. The van der Waals surface area contributed by atoms with Crippen molar-refractivity contribution in [2.24, 2.45) is 0 Å². The summed E-state index contributed by atoms with van der Waals surface area (Å²) in [4.78, 5) is 0. The maximum Gasteiger partial charge on any atom is 0.0666 e. The Labute approximate surface area is 97.5 Å². The Kier molecular flexibility index (Phi) is 4.79. The summed E-state index contributed by atoms with van der Waals surface area (Å²) in [5.74, 6) is 1.21. The Bertz CT molecular complexity index is 182. The van der Waals surface area contributed by atoms with Gasteiger partial charge >= 0.3 is 0 Å². The molecule has 1 saturated heterocycles. The molecule has 1 N–H and O–H groups in total. The second kappa shape index (κ2) is 6.12. The third-order valence-electron chi connectivity index (χ3n) is 3.44. The highest BCUT2D eigenvalue weighted by atomic mass is 32.2. The molecule has 1 heterocycles. The molecule has 0 spiro atoms. The van der Waals surface area contributed by atoms with E-state index in [-0.39, 0.29) is 0 Å². The Balaban J connectivity index is 1.68. The highest BCUT2D eigenvalue weighted by molar-refractivity contribution is 8.00. The third kappa shape index (κ3) is 3.36. The van der Waals surface area contributed by atoms with Crippen molar-refractivity contribution in [2.45, 2.75) is 56.4 Å². The minimum Gasteiger partial charge on any atom is -0.377 e. The molecular formula is C12H23NOS. The van der Waals surface area contributed by atoms with E-state index in [1.807, 2.05) is 0 Å². The van der Waals surface area contributed by atoms with Gasteiger partial charge in [0.15, 0.2) is 0 Å². The lowest BCUT2D eigenvalue weighted by Crippen LogP contribution is -2.34. The van der Waals surface area contributed by atoms with E-state index in [1.54, 1.807) is 0 Å². The van der Waals surface area contributed by atoms with E-state index in [4.69, 9.17) is 4.74 Å². The summed E-state index contributed by atoms with van der Waals surface area (Å²) >= 11 is 2.14. The molecule has 0 bridgehead atoms. The highest BCUT2D eigenvalue weighted by Crippen LogP contribution is 2.31. The van der Waals surface area contributed by atoms with Crippen molar-refractivity contribution < 1.29 is 4.74 Å². The van der Waals surface area contributed by atoms with Crippen LogP contribution in [0.25, 0.3) is 0 Å². The van der Waals surface area contributed by atoms with E-state index >= 15 is 0 Å². The van der Waals surface area contributed by atoms with Crippen molar-refractivity contribution in [3.63, 3.8) is 0 Å². The van der Waals surface area contributed by atoms with Gasteiger partial charge < -0.3 is 10.1 Å².